The Labute approximate surface area is 92.4 Å². The van der Waals surface area contributed by atoms with Crippen LogP contribution in [0.15, 0.2) is 30.9 Å². The van der Waals surface area contributed by atoms with Crippen molar-refractivity contribution in [2.45, 2.75) is 12.5 Å². The Morgan fingerprint density at radius 3 is 2.75 bits per heavy atom. The summed E-state index contributed by atoms with van der Waals surface area (Å²) in [5.74, 6) is -0.0353. The minimum atomic E-state index is -1.35. The van der Waals surface area contributed by atoms with Crippen molar-refractivity contribution in [3.63, 3.8) is 0 Å². The van der Waals surface area contributed by atoms with Gasteiger partial charge in [0.2, 0.25) is 0 Å². The molecule has 0 amide bonds. The molecule has 0 spiro atoms. The third kappa shape index (κ3) is 1.69. The lowest BCUT2D eigenvalue weighted by atomic mass is 9.97. The Hall–Kier alpha value is -1.75. The van der Waals surface area contributed by atoms with Crippen LogP contribution in [0.25, 0.3) is 0 Å². The number of hydrogen-bond donors (Lipinski definition) is 1. The summed E-state index contributed by atoms with van der Waals surface area (Å²) >= 11 is 0. The van der Waals surface area contributed by atoms with Gasteiger partial charge >= 0.3 is 0 Å². The number of halogens is 1. The Kier molecular flexibility index (Phi) is 2.47. The maximum atomic E-state index is 13.0. The molecule has 0 aliphatic heterocycles. The molecule has 0 saturated heterocycles. The molecule has 2 aromatic rings. The standard InChI is InChI=1S/C11H12FN3O/c1-11(16,10-14-3-4-15(10)2)8-5-9(12)7-13-6-8/h3-7,16H,1-2H3. The van der Waals surface area contributed by atoms with Crippen LogP contribution in [0.2, 0.25) is 0 Å². The third-order valence-corrected chi connectivity index (χ3v) is 2.52. The molecule has 0 bridgehead atoms. The molecule has 2 heterocycles. The van der Waals surface area contributed by atoms with Crippen molar-refractivity contribution in [1.82, 2.24) is 14.5 Å². The van der Waals surface area contributed by atoms with E-state index in [1.807, 2.05) is 0 Å². The van der Waals surface area contributed by atoms with Crippen LogP contribution in [0.5, 0.6) is 0 Å². The molecule has 1 atom stereocenters. The Morgan fingerprint density at radius 2 is 2.19 bits per heavy atom. The molecule has 16 heavy (non-hydrogen) atoms. The highest BCUT2D eigenvalue weighted by Crippen LogP contribution is 2.26. The van der Waals surface area contributed by atoms with E-state index in [2.05, 4.69) is 9.97 Å². The summed E-state index contributed by atoms with van der Waals surface area (Å²) in [6, 6.07) is 1.25. The monoisotopic (exact) mass is 221 g/mol. The quantitative estimate of drug-likeness (QED) is 0.829. The summed E-state index contributed by atoms with van der Waals surface area (Å²) in [6.45, 7) is 1.56. The average Bonchev–Trinajstić information content (AvgIpc) is 2.65. The molecule has 1 N–H and O–H groups in total. The van der Waals surface area contributed by atoms with E-state index in [1.54, 1.807) is 30.9 Å². The van der Waals surface area contributed by atoms with Gasteiger partial charge in [0.1, 0.15) is 17.2 Å². The molecule has 0 aliphatic carbocycles. The molecule has 84 valence electrons. The Morgan fingerprint density at radius 1 is 1.44 bits per heavy atom. The Bertz CT molecular complexity index is 507. The van der Waals surface area contributed by atoms with Crippen LogP contribution in [-0.4, -0.2) is 19.6 Å². The number of aliphatic hydroxyl groups is 1. The molecule has 4 nitrogen and oxygen atoms in total. The van der Waals surface area contributed by atoms with E-state index >= 15 is 0 Å². The first-order valence-corrected chi connectivity index (χ1v) is 4.83. The van der Waals surface area contributed by atoms with E-state index in [0.717, 1.165) is 6.20 Å². The summed E-state index contributed by atoms with van der Waals surface area (Å²) in [5.41, 5.74) is -0.977. The first kappa shape index (κ1) is 10.8. The topological polar surface area (TPSA) is 50.9 Å². The Balaban J connectivity index is 2.51. The second kappa shape index (κ2) is 3.68. The SMILES string of the molecule is Cn1ccnc1C(C)(O)c1cncc(F)c1. The fourth-order valence-corrected chi connectivity index (χ4v) is 1.64. The first-order valence-electron chi connectivity index (χ1n) is 4.83. The van der Waals surface area contributed by atoms with Crippen LogP contribution in [-0.2, 0) is 12.6 Å². The van der Waals surface area contributed by atoms with Crippen LogP contribution >= 0.6 is 0 Å². The molecular formula is C11H12FN3O. The predicted octanol–water partition coefficient (Wildman–Crippen LogP) is 1.21. The van der Waals surface area contributed by atoms with E-state index in [0.29, 0.717) is 11.4 Å². The minimum absolute atomic E-state index is 0.377. The molecular weight excluding hydrogens is 209 g/mol. The average molecular weight is 221 g/mol. The molecule has 2 rings (SSSR count). The van der Waals surface area contributed by atoms with Crippen molar-refractivity contribution in [3.05, 3.63) is 48.1 Å². The summed E-state index contributed by atoms with van der Waals surface area (Å²) < 4.78 is 14.7. The zero-order valence-electron chi connectivity index (χ0n) is 9.05. The second-order valence-electron chi connectivity index (χ2n) is 3.83. The molecule has 1 unspecified atom stereocenters. The van der Waals surface area contributed by atoms with E-state index in [4.69, 9.17) is 0 Å². The molecule has 0 saturated carbocycles. The molecule has 5 heteroatoms. The zero-order chi connectivity index (χ0) is 11.8. The number of aromatic nitrogens is 3. The maximum absolute atomic E-state index is 13.0. The summed E-state index contributed by atoms with van der Waals surface area (Å²) in [4.78, 5) is 7.77. The first-order chi connectivity index (χ1) is 7.51. The van der Waals surface area contributed by atoms with Crippen molar-refractivity contribution >= 4 is 0 Å². The fraction of sp³-hybridized carbons (Fsp3) is 0.273. The van der Waals surface area contributed by atoms with Gasteiger partial charge in [-0.15, -0.1) is 0 Å². The van der Waals surface area contributed by atoms with Crippen molar-refractivity contribution in [3.8, 4) is 0 Å². The van der Waals surface area contributed by atoms with E-state index in [1.165, 1.54) is 12.3 Å². The van der Waals surface area contributed by atoms with Gasteiger partial charge in [-0.2, -0.15) is 0 Å². The van der Waals surface area contributed by atoms with Gasteiger partial charge in [-0.25, -0.2) is 9.37 Å². The highest BCUT2D eigenvalue weighted by Gasteiger charge is 2.30. The van der Waals surface area contributed by atoms with E-state index in [9.17, 15) is 9.50 Å². The minimum Gasteiger partial charge on any atom is -0.377 e. The molecule has 0 radical (unpaired) electrons. The lowest BCUT2D eigenvalue weighted by Crippen LogP contribution is -2.27. The van der Waals surface area contributed by atoms with Crippen LogP contribution in [0.4, 0.5) is 4.39 Å². The smallest absolute Gasteiger partial charge is 0.146 e. The van der Waals surface area contributed by atoms with Gasteiger partial charge in [0.15, 0.2) is 0 Å². The largest absolute Gasteiger partial charge is 0.377 e. The van der Waals surface area contributed by atoms with Gasteiger partial charge in [-0.05, 0) is 13.0 Å². The van der Waals surface area contributed by atoms with Crippen LogP contribution in [0, 0.1) is 5.82 Å². The number of hydrogen-bond acceptors (Lipinski definition) is 3. The van der Waals surface area contributed by atoms with Gasteiger partial charge in [-0.1, -0.05) is 0 Å². The van der Waals surface area contributed by atoms with Crippen LogP contribution in [0.1, 0.15) is 18.3 Å². The third-order valence-electron chi connectivity index (χ3n) is 2.52. The summed E-state index contributed by atoms with van der Waals surface area (Å²) in [7, 11) is 1.77. The van der Waals surface area contributed by atoms with E-state index < -0.39 is 11.4 Å². The van der Waals surface area contributed by atoms with Crippen molar-refractivity contribution < 1.29 is 9.50 Å². The van der Waals surface area contributed by atoms with Gasteiger partial charge in [-0.3, -0.25) is 4.98 Å². The van der Waals surface area contributed by atoms with Gasteiger partial charge in [0.05, 0.1) is 6.20 Å². The van der Waals surface area contributed by atoms with Gasteiger partial charge in [0.25, 0.3) is 0 Å². The van der Waals surface area contributed by atoms with Gasteiger partial charge < -0.3 is 9.67 Å². The number of nitrogens with zero attached hydrogens (tertiary/aromatic N) is 3. The molecule has 0 fully saturated rings. The fourth-order valence-electron chi connectivity index (χ4n) is 1.64. The molecule has 0 aliphatic rings. The van der Waals surface area contributed by atoms with Crippen molar-refractivity contribution in [2.75, 3.05) is 0 Å². The highest BCUT2D eigenvalue weighted by atomic mass is 19.1. The molecule has 2 aromatic heterocycles. The summed E-state index contributed by atoms with van der Waals surface area (Å²) in [5, 5.41) is 10.4. The number of rotatable bonds is 2. The second-order valence-corrected chi connectivity index (χ2v) is 3.83. The number of pyridine rings is 1. The number of aryl methyl sites for hydroxylation is 1. The highest BCUT2D eigenvalue weighted by molar-refractivity contribution is 5.26. The zero-order valence-corrected chi connectivity index (χ0v) is 9.05. The lowest BCUT2D eigenvalue weighted by Gasteiger charge is -2.22. The predicted molar refractivity (Wildman–Crippen MR) is 56.1 cm³/mol. The van der Waals surface area contributed by atoms with Crippen LogP contribution < -0.4 is 0 Å². The molecule has 0 aromatic carbocycles. The van der Waals surface area contributed by atoms with Gasteiger partial charge in [0, 0.05) is 31.2 Å². The van der Waals surface area contributed by atoms with E-state index in [-0.39, 0.29) is 0 Å². The van der Waals surface area contributed by atoms with Crippen molar-refractivity contribution in [2.24, 2.45) is 7.05 Å². The summed E-state index contributed by atoms with van der Waals surface area (Å²) in [6.07, 6.45) is 5.82. The van der Waals surface area contributed by atoms with Crippen molar-refractivity contribution in [1.29, 1.82) is 0 Å². The maximum Gasteiger partial charge on any atom is 0.146 e. The number of imidazole rings is 1. The lowest BCUT2D eigenvalue weighted by molar-refractivity contribution is 0.0884. The normalized spacial score (nSPS) is 14.8. The van der Waals surface area contributed by atoms with Crippen LogP contribution in [0.3, 0.4) is 0 Å².